The molecule has 2 fully saturated rings. The van der Waals surface area contributed by atoms with E-state index in [1.165, 1.54) is 40.6 Å². The summed E-state index contributed by atoms with van der Waals surface area (Å²) in [5.74, 6) is 1.28. The molecular formula is C19H21NO. The largest absolute Gasteiger partial charge is 0.381 e. The average molecular weight is 279 g/mol. The van der Waals surface area contributed by atoms with Gasteiger partial charge in [-0.15, -0.1) is 0 Å². The summed E-state index contributed by atoms with van der Waals surface area (Å²) in [4.78, 5) is 5.05. The molecule has 0 amide bonds. The van der Waals surface area contributed by atoms with E-state index in [4.69, 9.17) is 9.72 Å². The lowest BCUT2D eigenvalue weighted by Gasteiger charge is -2.22. The zero-order chi connectivity index (χ0) is 14.2. The summed E-state index contributed by atoms with van der Waals surface area (Å²) in [6, 6.07) is 8.94. The topological polar surface area (TPSA) is 22.1 Å². The second-order valence-corrected chi connectivity index (χ2v) is 6.28. The number of aromatic nitrogens is 1. The molecule has 1 aliphatic carbocycles. The van der Waals surface area contributed by atoms with Crippen LogP contribution in [0.15, 0.2) is 30.8 Å². The second kappa shape index (κ2) is 5.27. The van der Waals surface area contributed by atoms with Crippen molar-refractivity contribution in [1.82, 2.24) is 4.98 Å². The van der Waals surface area contributed by atoms with Gasteiger partial charge >= 0.3 is 0 Å². The highest BCUT2D eigenvalue weighted by Gasteiger charge is 2.27. The average Bonchev–Trinajstić information content (AvgIpc) is 3.39. The number of fused-ring (bicyclic) bond motifs is 1. The number of pyridine rings is 1. The highest BCUT2D eigenvalue weighted by Crippen LogP contribution is 2.43. The molecule has 1 aromatic carbocycles. The molecule has 1 aliphatic heterocycles. The Hall–Kier alpha value is -1.67. The van der Waals surface area contributed by atoms with Crippen molar-refractivity contribution < 1.29 is 4.74 Å². The predicted molar refractivity (Wildman–Crippen MR) is 86.6 cm³/mol. The van der Waals surface area contributed by atoms with Gasteiger partial charge in [0.15, 0.2) is 0 Å². The first kappa shape index (κ1) is 13.0. The van der Waals surface area contributed by atoms with E-state index < -0.39 is 0 Å². The first-order valence-corrected chi connectivity index (χ1v) is 8.00. The molecule has 1 saturated heterocycles. The van der Waals surface area contributed by atoms with E-state index in [-0.39, 0.29) is 0 Å². The zero-order valence-corrected chi connectivity index (χ0v) is 12.3. The molecule has 2 aromatic rings. The zero-order valence-electron chi connectivity index (χ0n) is 12.3. The van der Waals surface area contributed by atoms with Crippen molar-refractivity contribution >= 4 is 17.0 Å². The predicted octanol–water partition coefficient (Wildman–Crippen LogP) is 4.65. The van der Waals surface area contributed by atoms with Crippen molar-refractivity contribution in [1.29, 1.82) is 0 Å². The molecule has 2 heterocycles. The third-order valence-electron chi connectivity index (χ3n) is 4.76. The normalized spacial score (nSPS) is 19.8. The standard InChI is InChI=1S/C19H21NO/c1-2-13-11-16-5-6-18(15-7-9-21-10-8-15)20-19(16)17(12-13)14-3-4-14/h2,5-6,11-12,14-15H,1,3-4,7-10H2. The highest BCUT2D eigenvalue weighted by atomic mass is 16.5. The number of hydrogen-bond acceptors (Lipinski definition) is 2. The third-order valence-corrected chi connectivity index (χ3v) is 4.76. The smallest absolute Gasteiger partial charge is 0.0740 e. The SMILES string of the molecule is C=Cc1cc(C2CC2)c2nc(C3CCOCC3)ccc2c1. The van der Waals surface area contributed by atoms with Crippen molar-refractivity contribution in [2.45, 2.75) is 37.5 Å². The van der Waals surface area contributed by atoms with Gasteiger partial charge in [0.1, 0.15) is 0 Å². The molecule has 21 heavy (non-hydrogen) atoms. The summed E-state index contributed by atoms with van der Waals surface area (Å²) in [6.07, 6.45) is 6.75. The number of nitrogens with zero attached hydrogens (tertiary/aromatic N) is 1. The molecule has 0 bridgehead atoms. The Labute approximate surface area is 125 Å². The number of hydrogen-bond donors (Lipinski definition) is 0. The first-order valence-electron chi connectivity index (χ1n) is 8.00. The van der Waals surface area contributed by atoms with Crippen LogP contribution < -0.4 is 0 Å². The van der Waals surface area contributed by atoms with E-state index in [9.17, 15) is 0 Å². The van der Waals surface area contributed by atoms with E-state index in [1.807, 2.05) is 6.08 Å². The Morgan fingerprint density at radius 3 is 2.57 bits per heavy atom. The highest BCUT2D eigenvalue weighted by molar-refractivity contribution is 5.85. The molecule has 2 aliphatic rings. The van der Waals surface area contributed by atoms with Crippen LogP contribution in [0.25, 0.3) is 17.0 Å². The molecule has 0 unspecified atom stereocenters. The van der Waals surface area contributed by atoms with Gasteiger partial charge in [-0.3, -0.25) is 4.98 Å². The Morgan fingerprint density at radius 2 is 1.86 bits per heavy atom. The Balaban J connectivity index is 1.81. The van der Waals surface area contributed by atoms with Gasteiger partial charge in [0.2, 0.25) is 0 Å². The van der Waals surface area contributed by atoms with Gasteiger partial charge in [-0.05, 0) is 60.9 Å². The Kier molecular flexibility index (Phi) is 3.27. The first-order chi connectivity index (χ1) is 10.3. The Bertz CT molecular complexity index is 681. The number of ether oxygens (including phenoxy) is 1. The van der Waals surface area contributed by atoms with Crippen LogP contribution in [0.4, 0.5) is 0 Å². The molecule has 4 rings (SSSR count). The van der Waals surface area contributed by atoms with E-state index in [2.05, 4.69) is 30.8 Å². The minimum atomic E-state index is 0.564. The van der Waals surface area contributed by atoms with Gasteiger partial charge in [0.25, 0.3) is 0 Å². The van der Waals surface area contributed by atoms with E-state index in [1.54, 1.807) is 0 Å². The lowest BCUT2D eigenvalue weighted by Crippen LogP contribution is -2.15. The Morgan fingerprint density at radius 1 is 1.05 bits per heavy atom. The number of benzene rings is 1. The molecular weight excluding hydrogens is 258 g/mol. The molecule has 0 atom stereocenters. The minimum absolute atomic E-state index is 0.564. The fourth-order valence-corrected chi connectivity index (χ4v) is 3.35. The van der Waals surface area contributed by atoms with Crippen LogP contribution in [0.2, 0.25) is 0 Å². The summed E-state index contributed by atoms with van der Waals surface area (Å²) >= 11 is 0. The monoisotopic (exact) mass is 279 g/mol. The van der Waals surface area contributed by atoms with Gasteiger partial charge in [-0.1, -0.05) is 18.7 Å². The maximum atomic E-state index is 5.47. The van der Waals surface area contributed by atoms with Crippen LogP contribution >= 0.6 is 0 Å². The molecule has 1 aromatic heterocycles. The van der Waals surface area contributed by atoms with Crippen molar-refractivity contribution in [2.24, 2.45) is 0 Å². The van der Waals surface area contributed by atoms with Gasteiger partial charge < -0.3 is 4.74 Å². The van der Waals surface area contributed by atoms with Crippen molar-refractivity contribution in [2.75, 3.05) is 13.2 Å². The van der Waals surface area contributed by atoms with Gasteiger partial charge in [-0.2, -0.15) is 0 Å². The maximum absolute atomic E-state index is 5.47. The summed E-state index contributed by atoms with van der Waals surface area (Å²) in [5, 5.41) is 1.25. The quantitative estimate of drug-likeness (QED) is 0.816. The van der Waals surface area contributed by atoms with Crippen LogP contribution in [-0.4, -0.2) is 18.2 Å². The van der Waals surface area contributed by atoms with Gasteiger partial charge in [0, 0.05) is 30.2 Å². The van der Waals surface area contributed by atoms with Crippen LogP contribution in [0.5, 0.6) is 0 Å². The molecule has 0 N–H and O–H groups in total. The molecule has 0 spiro atoms. The fourth-order valence-electron chi connectivity index (χ4n) is 3.35. The maximum Gasteiger partial charge on any atom is 0.0740 e. The lowest BCUT2D eigenvalue weighted by molar-refractivity contribution is 0.0846. The van der Waals surface area contributed by atoms with E-state index >= 15 is 0 Å². The fraction of sp³-hybridized carbons (Fsp3) is 0.421. The van der Waals surface area contributed by atoms with Crippen LogP contribution in [0, 0.1) is 0 Å². The lowest BCUT2D eigenvalue weighted by atomic mass is 9.94. The van der Waals surface area contributed by atoms with E-state index in [0.717, 1.165) is 26.1 Å². The minimum Gasteiger partial charge on any atom is -0.381 e. The summed E-state index contributed by atoms with van der Waals surface area (Å²) in [5.41, 5.74) is 5.10. The molecule has 0 radical (unpaired) electrons. The summed E-state index contributed by atoms with van der Waals surface area (Å²) in [7, 11) is 0. The van der Waals surface area contributed by atoms with Crippen LogP contribution in [-0.2, 0) is 4.74 Å². The third kappa shape index (κ3) is 2.49. The van der Waals surface area contributed by atoms with Crippen LogP contribution in [0.1, 0.15) is 54.3 Å². The molecule has 1 saturated carbocycles. The van der Waals surface area contributed by atoms with E-state index in [0.29, 0.717) is 11.8 Å². The van der Waals surface area contributed by atoms with Gasteiger partial charge in [0.05, 0.1) is 5.52 Å². The van der Waals surface area contributed by atoms with Gasteiger partial charge in [-0.25, -0.2) is 0 Å². The number of rotatable bonds is 3. The molecule has 2 heteroatoms. The van der Waals surface area contributed by atoms with Crippen molar-refractivity contribution in [3.05, 3.63) is 47.7 Å². The van der Waals surface area contributed by atoms with Crippen molar-refractivity contribution in [3.63, 3.8) is 0 Å². The molecule has 2 nitrogen and oxygen atoms in total. The molecule has 108 valence electrons. The summed E-state index contributed by atoms with van der Waals surface area (Å²) < 4.78 is 5.47. The van der Waals surface area contributed by atoms with Crippen molar-refractivity contribution in [3.8, 4) is 0 Å². The second-order valence-electron chi connectivity index (χ2n) is 6.28. The summed E-state index contributed by atoms with van der Waals surface area (Å²) in [6.45, 7) is 5.66. The van der Waals surface area contributed by atoms with Crippen LogP contribution in [0.3, 0.4) is 0 Å².